The van der Waals surface area contributed by atoms with Gasteiger partial charge in [-0.05, 0) is 31.9 Å². The van der Waals surface area contributed by atoms with Crippen molar-refractivity contribution in [1.29, 1.82) is 0 Å². The Morgan fingerprint density at radius 1 is 1.24 bits per heavy atom. The van der Waals surface area contributed by atoms with Gasteiger partial charge in [0, 0.05) is 31.7 Å². The van der Waals surface area contributed by atoms with Crippen LogP contribution in [-0.4, -0.2) is 44.1 Å². The lowest BCUT2D eigenvalue weighted by atomic mass is 10.2. The number of likely N-dealkylation sites (tertiary alicyclic amines) is 1. The lowest BCUT2D eigenvalue weighted by Gasteiger charge is -2.24. The van der Waals surface area contributed by atoms with E-state index in [-0.39, 0.29) is 11.9 Å². The number of thioether (sulfide) groups is 1. The number of hydrogen-bond acceptors (Lipinski definition) is 4. The molecule has 0 spiro atoms. The predicted octanol–water partition coefficient (Wildman–Crippen LogP) is 2.42. The van der Waals surface area contributed by atoms with Gasteiger partial charge in [-0.1, -0.05) is 6.42 Å². The largest absolute Gasteiger partial charge is 0.332 e. The third-order valence-corrected chi connectivity index (χ3v) is 5.14. The number of aryl methyl sites for hydroxylation is 1. The van der Waals surface area contributed by atoms with E-state index < -0.39 is 0 Å². The maximum absolute atomic E-state index is 12.4. The molecule has 1 aromatic heterocycles. The summed E-state index contributed by atoms with van der Waals surface area (Å²) >= 11 is 1.73. The van der Waals surface area contributed by atoms with E-state index in [9.17, 15) is 4.79 Å². The number of amides is 1. The Bertz CT molecular complexity index is 502. The number of carbonyl (C=O) groups is 1. The fourth-order valence-corrected chi connectivity index (χ4v) is 3.80. The zero-order valence-corrected chi connectivity index (χ0v) is 13.6. The fraction of sp³-hybridized carbons (Fsp3) is 0.800. The van der Waals surface area contributed by atoms with Crippen molar-refractivity contribution in [3.8, 4) is 0 Å². The van der Waals surface area contributed by atoms with Gasteiger partial charge >= 0.3 is 0 Å². The summed E-state index contributed by atoms with van der Waals surface area (Å²) in [4.78, 5) is 14.4. The molecule has 21 heavy (non-hydrogen) atoms. The lowest BCUT2D eigenvalue weighted by molar-refractivity contribution is -0.131. The topological polar surface area (TPSA) is 51.0 Å². The van der Waals surface area contributed by atoms with Gasteiger partial charge in [0.15, 0.2) is 5.82 Å². The van der Waals surface area contributed by atoms with Crippen molar-refractivity contribution in [3.63, 3.8) is 0 Å². The molecule has 1 fully saturated rings. The second kappa shape index (κ2) is 6.81. The third kappa shape index (κ3) is 3.10. The first-order valence-corrected chi connectivity index (χ1v) is 9.41. The first-order valence-electron chi connectivity index (χ1n) is 8.01. The van der Waals surface area contributed by atoms with Crippen LogP contribution in [-0.2, 0) is 17.8 Å². The van der Waals surface area contributed by atoms with Gasteiger partial charge in [-0.3, -0.25) is 4.79 Å². The summed E-state index contributed by atoms with van der Waals surface area (Å²) in [7, 11) is 0. The zero-order chi connectivity index (χ0) is 14.7. The highest BCUT2D eigenvalue weighted by molar-refractivity contribution is 7.98. The summed E-state index contributed by atoms with van der Waals surface area (Å²) in [5.74, 6) is 3.32. The van der Waals surface area contributed by atoms with Crippen LogP contribution in [0.15, 0.2) is 0 Å². The Labute approximate surface area is 130 Å². The van der Waals surface area contributed by atoms with Crippen molar-refractivity contribution in [2.24, 2.45) is 0 Å². The molecule has 1 amide bonds. The molecule has 1 atom stereocenters. The summed E-state index contributed by atoms with van der Waals surface area (Å²) in [6.07, 6.45) is 9.50. The molecule has 2 aliphatic rings. The standard InChI is InChI=1S/C15H24N4OS/c1-21-11-8-14(20)18-10-5-6-12(18)15-17-16-13-7-3-2-4-9-19(13)15/h12H,2-11H2,1H3/t12-/m0/s1. The fourth-order valence-electron chi connectivity index (χ4n) is 3.42. The van der Waals surface area contributed by atoms with E-state index in [0.29, 0.717) is 6.42 Å². The summed E-state index contributed by atoms with van der Waals surface area (Å²) in [6.45, 7) is 1.89. The minimum atomic E-state index is 0.152. The van der Waals surface area contributed by atoms with E-state index in [1.807, 2.05) is 11.2 Å². The van der Waals surface area contributed by atoms with Gasteiger partial charge in [0.25, 0.3) is 0 Å². The average molecular weight is 308 g/mol. The van der Waals surface area contributed by atoms with E-state index in [4.69, 9.17) is 0 Å². The molecule has 0 aliphatic carbocycles. The number of nitrogens with zero attached hydrogens (tertiary/aromatic N) is 4. The van der Waals surface area contributed by atoms with Crippen molar-refractivity contribution >= 4 is 17.7 Å². The number of hydrogen-bond donors (Lipinski definition) is 0. The van der Waals surface area contributed by atoms with Crippen LogP contribution in [0.5, 0.6) is 0 Å². The molecule has 0 N–H and O–H groups in total. The molecule has 0 saturated carbocycles. The molecule has 1 aromatic rings. The maximum atomic E-state index is 12.4. The maximum Gasteiger partial charge on any atom is 0.224 e. The molecule has 3 rings (SSSR count). The smallest absolute Gasteiger partial charge is 0.224 e. The molecule has 3 heterocycles. The van der Waals surface area contributed by atoms with Gasteiger partial charge in [-0.2, -0.15) is 11.8 Å². The van der Waals surface area contributed by atoms with Crippen molar-refractivity contribution < 1.29 is 4.79 Å². The van der Waals surface area contributed by atoms with Crippen LogP contribution in [0, 0.1) is 0 Å². The highest BCUT2D eigenvalue weighted by Crippen LogP contribution is 2.32. The number of aromatic nitrogens is 3. The highest BCUT2D eigenvalue weighted by Gasteiger charge is 2.33. The lowest BCUT2D eigenvalue weighted by Crippen LogP contribution is -2.32. The summed E-state index contributed by atoms with van der Waals surface area (Å²) in [5.41, 5.74) is 0. The Morgan fingerprint density at radius 2 is 2.14 bits per heavy atom. The first kappa shape index (κ1) is 14.9. The Kier molecular flexibility index (Phi) is 4.83. The van der Waals surface area contributed by atoms with Gasteiger partial charge in [0.05, 0.1) is 6.04 Å². The monoisotopic (exact) mass is 308 g/mol. The van der Waals surface area contributed by atoms with E-state index in [1.54, 1.807) is 11.8 Å². The quantitative estimate of drug-likeness (QED) is 0.857. The number of fused-ring (bicyclic) bond motifs is 1. The minimum Gasteiger partial charge on any atom is -0.332 e. The van der Waals surface area contributed by atoms with E-state index >= 15 is 0 Å². The van der Waals surface area contributed by atoms with E-state index in [2.05, 4.69) is 14.8 Å². The summed E-state index contributed by atoms with van der Waals surface area (Å²) in [6, 6.07) is 0.152. The average Bonchev–Trinajstić information content (AvgIpc) is 3.06. The summed E-state index contributed by atoms with van der Waals surface area (Å²) < 4.78 is 2.29. The highest BCUT2D eigenvalue weighted by atomic mass is 32.2. The Hall–Kier alpha value is -1.04. The molecule has 116 valence electrons. The van der Waals surface area contributed by atoms with Gasteiger partial charge in [0.2, 0.25) is 5.91 Å². The van der Waals surface area contributed by atoms with E-state index in [0.717, 1.165) is 49.8 Å². The molecule has 6 heteroatoms. The van der Waals surface area contributed by atoms with Crippen molar-refractivity contribution in [2.45, 2.75) is 57.5 Å². The SMILES string of the molecule is CSCCC(=O)N1CCC[C@H]1c1nnc2n1CCCCC2. The number of carbonyl (C=O) groups excluding carboxylic acids is 1. The molecular weight excluding hydrogens is 284 g/mol. The summed E-state index contributed by atoms with van der Waals surface area (Å²) in [5, 5.41) is 8.84. The van der Waals surface area contributed by atoms with Gasteiger partial charge in [-0.25, -0.2) is 0 Å². The Balaban J connectivity index is 1.79. The minimum absolute atomic E-state index is 0.152. The van der Waals surface area contributed by atoms with Crippen LogP contribution in [0.25, 0.3) is 0 Å². The predicted molar refractivity (Wildman–Crippen MR) is 84.3 cm³/mol. The normalized spacial score (nSPS) is 22.1. The van der Waals surface area contributed by atoms with Crippen molar-refractivity contribution in [3.05, 3.63) is 11.6 Å². The van der Waals surface area contributed by atoms with Crippen molar-refractivity contribution in [1.82, 2.24) is 19.7 Å². The second-order valence-corrected chi connectivity index (χ2v) is 6.91. The molecule has 0 aromatic carbocycles. The van der Waals surface area contributed by atoms with Crippen LogP contribution >= 0.6 is 11.8 Å². The molecule has 2 aliphatic heterocycles. The third-order valence-electron chi connectivity index (χ3n) is 4.53. The Morgan fingerprint density at radius 3 is 3.00 bits per heavy atom. The molecule has 5 nitrogen and oxygen atoms in total. The number of rotatable bonds is 4. The van der Waals surface area contributed by atoms with Crippen LogP contribution < -0.4 is 0 Å². The van der Waals surface area contributed by atoms with Crippen LogP contribution in [0.4, 0.5) is 0 Å². The van der Waals surface area contributed by atoms with E-state index in [1.165, 1.54) is 19.3 Å². The van der Waals surface area contributed by atoms with Crippen LogP contribution in [0.1, 0.15) is 56.2 Å². The molecule has 0 unspecified atom stereocenters. The van der Waals surface area contributed by atoms with Gasteiger partial charge in [-0.15, -0.1) is 10.2 Å². The van der Waals surface area contributed by atoms with Gasteiger partial charge in [0.1, 0.15) is 5.82 Å². The first-order chi connectivity index (χ1) is 10.3. The molecular formula is C15H24N4OS. The van der Waals surface area contributed by atoms with Crippen LogP contribution in [0.2, 0.25) is 0 Å². The molecule has 1 saturated heterocycles. The van der Waals surface area contributed by atoms with Crippen LogP contribution in [0.3, 0.4) is 0 Å². The second-order valence-electron chi connectivity index (χ2n) is 5.92. The molecule has 0 radical (unpaired) electrons. The molecule has 0 bridgehead atoms. The van der Waals surface area contributed by atoms with Crippen molar-refractivity contribution in [2.75, 3.05) is 18.6 Å². The van der Waals surface area contributed by atoms with Gasteiger partial charge < -0.3 is 9.47 Å². The zero-order valence-electron chi connectivity index (χ0n) is 12.8.